The van der Waals surface area contributed by atoms with Gasteiger partial charge in [-0.1, -0.05) is 13.8 Å². The summed E-state index contributed by atoms with van der Waals surface area (Å²) in [5.74, 6) is 0.537. The maximum Gasteiger partial charge on any atom is 0.169 e. The summed E-state index contributed by atoms with van der Waals surface area (Å²) in [5.41, 5.74) is 2.10. The molecule has 0 aliphatic carbocycles. The Bertz CT molecular complexity index is 450. The molecule has 3 nitrogen and oxygen atoms in total. The fraction of sp³-hybridized carbons (Fsp3) is 0.400. The third-order valence-electron chi connectivity index (χ3n) is 2.51. The first-order chi connectivity index (χ1) is 6.72. The van der Waals surface area contributed by atoms with Gasteiger partial charge in [0.15, 0.2) is 5.65 Å². The van der Waals surface area contributed by atoms with Crippen LogP contribution in [0.3, 0.4) is 0 Å². The summed E-state index contributed by atoms with van der Waals surface area (Å²) < 4.78 is 2.75. The summed E-state index contributed by atoms with van der Waals surface area (Å²) in [6.07, 6.45) is 6.86. The first-order valence-electron chi connectivity index (χ1n) is 4.71. The number of nitrogens with zero attached hydrogens (tertiary/aromatic N) is 3. The lowest BCUT2D eigenvalue weighted by atomic mass is 10.0. The highest BCUT2D eigenvalue weighted by molar-refractivity contribution is 9.10. The number of rotatable bonds is 2. The summed E-state index contributed by atoms with van der Waals surface area (Å²) in [7, 11) is 0. The lowest BCUT2D eigenvalue weighted by molar-refractivity contribution is 0.717. The van der Waals surface area contributed by atoms with Crippen LogP contribution in [0.4, 0.5) is 0 Å². The third kappa shape index (κ3) is 1.54. The van der Waals surface area contributed by atoms with E-state index in [1.165, 1.54) is 5.56 Å². The van der Waals surface area contributed by atoms with Gasteiger partial charge in [-0.2, -0.15) is 5.10 Å². The minimum atomic E-state index is 0.537. The standard InChI is InChI=1S/C10H12BrN3/c1-3-7(2)8-4-12-10-9(11)5-13-14(10)6-8/h4-7H,3H2,1-2H3. The van der Waals surface area contributed by atoms with Gasteiger partial charge in [0, 0.05) is 12.4 Å². The van der Waals surface area contributed by atoms with Gasteiger partial charge < -0.3 is 0 Å². The Labute approximate surface area is 91.3 Å². The molecule has 0 radical (unpaired) electrons. The van der Waals surface area contributed by atoms with Crippen LogP contribution in [0.15, 0.2) is 23.1 Å². The van der Waals surface area contributed by atoms with Gasteiger partial charge in [-0.05, 0) is 33.8 Å². The maximum absolute atomic E-state index is 4.36. The van der Waals surface area contributed by atoms with E-state index in [1.54, 1.807) is 6.20 Å². The van der Waals surface area contributed by atoms with Crippen molar-refractivity contribution in [3.05, 3.63) is 28.6 Å². The highest BCUT2D eigenvalue weighted by Gasteiger charge is 2.07. The predicted molar refractivity (Wildman–Crippen MR) is 59.4 cm³/mol. The quantitative estimate of drug-likeness (QED) is 0.824. The lowest BCUT2D eigenvalue weighted by Gasteiger charge is -2.07. The molecule has 0 bridgehead atoms. The average molecular weight is 254 g/mol. The van der Waals surface area contributed by atoms with Crippen molar-refractivity contribution < 1.29 is 0 Å². The summed E-state index contributed by atoms with van der Waals surface area (Å²) in [6, 6.07) is 0. The molecule has 0 saturated heterocycles. The van der Waals surface area contributed by atoms with E-state index >= 15 is 0 Å². The van der Waals surface area contributed by atoms with Crippen LogP contribution in [-0.2, 0) is 0 Å². The lowest BCUT2D eigenvalue weighted by Crippen LogP contribution is -1.97. The average Bonchev–Trinajstić information content (AvgIpc) is 2.59. The highest BCUT2D eigenvalue weighted by atomic mass is 79.9. The second-order valence-corrected chi connectivity index (χ2v) is 4.31. The van der Waals surface area contributed by atoms with Crippen molar-refractivity contribution in [3.63, 3.8) is 0 Å². The van der Waals surface area contributed by atoms with Gasteiger partial charge in [0.2, 0.25) is 0 Å². The highest BCUT2D eigenvalue weighted by Crippen LogP contribution is 2.20. The van der Waals surface area contributed by atoms with Gasteiger partial charge >= 0.3 is 0 Å². The molecule has 1 atom stereocenters. The molecule has 4 heteroatoms. The molecule has 0 aromatic carbocycles. The summed E-state index contributed by atoms with van der Waals surface area (Å²) >= 11 is 3.40. The Morgan fingerprint density at radius 1 is 1.50 bits per heavy atom. The van der Waals surface area contributed by atoms with Gasteiger partial charge in [-0.25, -0.2) is 9.50 Å². The van der Waals surface area contributed by atoms with Crippen LogP contribution in [0.5, 0.6) is 0 Å². The molecule has 0 aliphatic heterocycles. The van der Waals surface area contributed by atoms with Crippen LogP contribution in [-0.4, -0.2) is 14.6 Å². The van der Waals surface area contributed by atoms with Crippen LogP contribution >= 0.6 is 15.9 Å². The number of hydrogen-bond acceptors (Lipinski definition) is 2. The predicted octanol–water partition coefficient (Wildman–Crippen LogP) is 3.01. The molecule has 0 N–H and O–H groups in total. The van der Waals surface area contributed by atoms with Crippen LogP contribution in [0.2, 0.25) is 0 Å². The Balaban J connectivity index is 2.52. The van der Waals surface area contributed by atoms with Crippen LogP contribution < -0.4 is 0 Å². The van der Waals surface area contributed by atoms with Crippen molar-refractivity contribution in [2.45, 2.75) is 26.2 Å². The Hall–Kier alpha value is -0.900. The second-order valence-electron chi connectivity index (χ2n) is 3.46. The molecule has 0 amide bonds. The van der Waals surface area contributed by atoms with Gasteiger partial charge in [0.1, 0.15) is 0 Å². The van der Waals surface area contributed by atoms with Crippen LogP contribution in [0, 0.1) is 0 Å². The Morgan fingerprint density at radius 3 is 3.00 bits per heavy atom. The maximum atomic E-state index is 4.36. The zero-order valence-corrected chi connectivity index (χ0v) is 9.82. The van der Waals surface area contributed by atoms with E-state index in [0.717, 1.165) is 16.5 Å². The molecular formula is C10H12BrN3. The van der Waals surface area contributed by atoms with E-state index in [9.17, 15) is 0 Å². The molecule has 0 aliphatic rings. The molecule has 1 unspecified atom stereocenters. The number of hydrogen-bond donors (Lipinski definition) is 0. The minimum Gasteiger partial charge on any atom is -0.236 e. The fourth-order valence-corrected chi connectivity index (χ4v) is 1.73. The second kappa shape index (κ2) is 3.69. The Morgan fingerprint density at radius 2 is 2.29 bits per heavy atom. The molecule has 2 aromatic heterocycles. The van der Waals surface area contributed by atoms with Gasteiger partial charge in [-0.15, -0.1) is 0 Å². The molecule has 0 fully saturated rings. The van der Waals surface area contributed by atoms with Gasteiger partial charge in [0.05, 0.1) is 10.7 Å². The normalized spacial score (nSPS) is 13.4. The summed E-state index contributed by atoms with van der Waals surface area (Å²) in [4.78, 5) is 4.36. The molecule has 0 spiro atoms. The van der Waals surface area contributed by atoms with Crippen molar-refractivity contribution in [2.75, 3.05) is 0 Å². The number of fused-ring (bicyclic) bond motifs is 1. The molecule has 0 saturated carbocycles. The molecule has 2 aromatic rings. The number of halogens is 1. The van der Waals surface area contributed by atoms with E-state index < -0.39 is 0 Å². The first kappa shape index (κ1) is 9.65. The first-order valence-corrected chi connectivity index (χ1v) is 5.50. The molecular weight excluding hydrogens is 242 g/mol. The van der Waals surface area contributed by atoms with Crippen LogP contribution in [0.25, 0.3) is 5.65 Å². The monoisotopic (exact) mass is 253 g/mol. The van der Waals surface area contributed by atoms with E-state index in [0.29, 0.717) is 5.92 Å². The van der Waals surface area contributed by atoms with Crippen molar-refractivity contribution in [1.82, 2.24) is 14.6 Å². The van der Waals surface area contributed by atoms with Crippen molar-refractivity contribution in [3.8, 4) is 0 Å². The van der Waals surface area contributed by atoms with Crippen LogP contribution in [0.1, 0.15) is 31.7 Å². The summed E-state index contributed by atoms with van der Waals surface area (Å²) in [6.45, 7) is 4.37. The van der Waals surface area contributed by atoms with Crippen molar-refractivity contribution in [1.29, 1.82) is 0 Å². The third-order valence-corrected chi connectivity index (χ3v) is 3.07. The fourth-order valence-electron chi connectivity index (χ4n) is 1.35. The van der Waals surface area contributed by atoms with Gasteiger partial charge in [0.25, 0.3) is 0 Å². The summed E-state index contributed by atoms with van der Waals surface area (Å²) in [5, 5.41) is 4.20. The van der Waals surface area contributed by atoms with Crippen molar-refractivity contribution in [2.24, 2.45) is 0 Å². The minimum absolute atomic E-state index is 0.537. The largest absolute Gasteiger partial charge is 0.236 e. The zero-order valence-electron chi connectivity index (χ0n) is 8.24. The van der Waals surface area contributed by atoms with E-state index in [1.807, 2.05) is 16.9 Å². The molecule has 14 heavy (non-hydrogen) atoms. The van der Waals surface area contributed by atoms with Crippen molar-refractivity contribution >= 4 is 21.6 Å². The SMILES string of the molecule is CCC(C)c1cnc2c(Br)cnn2c1. The zero-order chi connectivity index (χ0) is 10.1. The molecule has 2 rings (SSSR count). The van der Waals surface area contributed by atoms with E-state index in [4.69, 9.17) is 0 Å². The topological polar surface area (TPSA) is 30.2 Å². The Kier molecular flexibility index (Phi) is 2.54. The van der Waals surface area contributed by atoms with Gasteiger partial charge in [-0.3, -0.25) is 0 Å². The van der Waals surface area contributed by atoms with E-state index in [-0.39, 0.29) is 0 Å². The molecule has 74 valence electrons. The smallest absolute Gasteiger partial charge is 0.169 e. The van der Waals surface area contributed by atoms with E-state index in [2.05, 4.69) is 39.9 Å². The number of aromatic nitrogens is 3. The molecule has 2 heterocycles.